The molecule has 1 heterocycles. The molecular formula is C24H28N2O4. The van der Waals surface area contributed by atoms with Crippen LogP contribution in [0.15, 0.2) is 60.7 Å². The number of hydrogen-bond donors (Lipinski definition) is 1. The number of nitrogens with one attached hydrogen (secondary N) is 1. The summed E-state index contributed by atoms with van der Waals surface area (Å²) in [6.45, 7) is 2.60. The van der Waals surface area contributed by atoms with Gasteiger partial charge in [0.2, 0.25) is 0 Å². The van der Waals surface area contributed by atoms with Gasteiger partial charge in [-0.1, -0.05) is 48.5 Å². The van der Waals surface area contributed by atoms with E-state index >= 15 is 0 Å². The number of esters is 1. The third kappa shape index (κ3) is 6.17. The molecule has 2 aromatic carbocycles. The van der Waals surface area contributed by atoms with E-state index in [0.29, 0.717) is 24.6 Å². The van der Waals surface area contributed by atoms with Crippen LogP contribution in [0.4, 0.5) is 0 Å². The first-order valence-electron chi connectivity index (χ1n) is 10.4. The molecule has 158 valence electrons. The summed E-state index contributed by atoms with van der Waals surface area (Å²) in [7, 11) is 0. The van der Waals surface area contributed by atoms with Crippen LogP contribution in [0, 0.1) is 5.92 Å². The lowest BCUT2D eigenvalue weighted by Gasteiger charge is -2.32. The molecule has 6 heteroatoms. The molecule has 2 amide bonds. The summed E-state index contributed by atoms with van der Waals surface area (Å²) in [6, 6.07) is 18.2. The maximum absolute atomic E-state index is 12.4. The summed E-state index contributed by atoms with van der Waals surface area (Å²) >= 11 is 0. The van der Waals surface area contributed by atoms with Crippen LogP contribution in [0.2, 0.25) is 0 Å². The monoisotopic (exact) mass is 408 g/mol. The van der Waals surface area contributed by atoms with Gasteiger partial charge in [-0.2, -0.15) is 0 Å². The zero-order chi connectivity index (χ0) is 21.3. The summed E-state index contributed by atoms with van der Waals surface area (Å²) < 4.78 is 5.13. The molecule has 30 heavy (non-hydrogen) atoms. The van der Waals surface area contributed by atoms with Gasteiger partial charge in [-0.3, -0.25) is 9.59 Å². The molecule has 2 aromatic rings. The minimum atomic E-state index is -0.831. The van der Waals surface area contributed by atoms with Crippen LogP contribution < -0.4 is 5.32 Å². The largest absolute Gasteiger partial charge is 0.454 e. The molecule has 0 bridgehead atoms. The van der Waals surface area contributed by atoms with E-state index in [1.165, 1.54) is 5.56 Å². The highest BCUT2D eigenvalue weighted by atomic mass is 16.5. The molecule has 1 aliphatic heterocycles. The molecule has 0 aliphatic carbocycles. The Morgan fingerprint density at radius 1 is 1.00 bits per heavy atom. The quantitative estimate of drug-likeness (QED) is 0.715. The molecular weight excluding hydrogens is 380 g/mol. The highest BCUT2D eigenvalue weighted by molar-refractivity contribution is 5.96. The van der Waals surface area contributed by atoms with Crippen LogP contribution in [0.5, 0.6) is 0 Å². The molecule has 1 atom stereocenters. The van der Waals surface area contributed by atoms with Crippen molar-refractivity contribution in [1.29, 1.82) is 0 Å². The van der Waals surface area contributed by atoms with Gasteiger partial charge in [0.25, 0.3) is 11.8 Å². The summed E-state index contributed by atoms with van der Waals surface area (Å²) in [6.07, 6.45) is 2.91. The highest BCUT2D eigenvalue weighted by Crippen LogP contribution is 2.21. The number of piperidine rings is 1. The van der Waals surface area contributed by atoms with Crippen LogP contribution in [-0.4, -0.2) is 48.4 Å². The smallest absolute Gasteiger partial charge is 0.328 e. The Hall–Kier alpha value is -3.15. The first kappa shape index (κ1) is 21.6. The van der Waals surface area contributed by atoms with Gasteiger partial charge in [0.15, 0.2) is 6.61 Å². The summed E-state index contributed by atoms with van der Waals surface area (Å²) in [4.78, 5) is 38.4. The predicted octanol–water partition coefficient (Wildman–Crippen LogP) is 2.83. The van der Waals surface area contributed by atoms with Gasteiger partial charge in [0, 0.05) is 18.7 Å². The van der Waals surface area contributed by atoms with Gasteiger partial charge >= 0.3 is 5.97 Å². The second-order valence-electron chi connectivity index (χ2n) is 7.68. The van der Waals surface area contributed by atoms with E-state index in [2.05, 4.69) is 17.4 Å². The second-order valence-corrected chi connectivity index (χ2v) is 7.68. The van der Waals surface area contributed by atoms with Crippen molar-refractivity contribution in [2.75, 3.05) is 19.7 Å². The van der Waals surface area contributed by atoms with Gasteiger partial charge in [0.05, 0.1) is 0 Å². The van der Waals surface area contributed by atoms with E-state index in [1.807, 2.05) is 24.3 Å². The molecule has 0 aromatic heterocycles. The van der Waals surface area contributed by atoms with Crippen molar-refractivity contribution < 1.29 is 19.1 Å². The topological polar surface area (TPSA) is 75.7 Å². The van der Waals surface area contributed by atoms with E-state index < -0.39 is 12.0 Å². The predicted molar refractivity (Wildman–Crippen MR) is 114 cm³/mol. The van der Waals surface area contributed by atoms with Crippen molar-refractivity contribution >= 4 is 17.8 Å². The van der Waals surface area contributed by atoms with E-state index in [-0.39, 0.29) is 18.4 Å². The van der Waals surface area contributed by atoms with Crippen molar-refractivity contribution in [3.63, 3.8) is 0 Å². The first-order chi connectivity index (χ1) is 14.5. The molecule has 6 nitrogen and oxygen atoms in total. The Balaban J connectivity index is 1.38. The number of carbonyl (C=O) groups is 3. The lowest BCUT2D eigenvalue weighted by atomic mass is 9.90. The molecule has 0 saturated carbocycles. The molecule has 1 aliphatic rings. The van der Waals surface area contributed by atoms with Crippen molar-refractivity contribution in [3.05, 3.63) is 71.8 Å². The highest BCUT2D eigenvalue weighted by Gasteiger charge is 2.25. The average Bonchev–Trinajstić information content (AvgIpc) is 2.79. The maximum atomic E-state index is 12.4. The lowest BCUT2D eigenvalue weighted by Crippen LogP contribution is -2.43. The Labute approximate surface area is 177 Å². The molecule has 0 radical (unpaired) electrons. The molecule has 1 fully saturated rings. The SMILES string of the molecule is C[C@H](NC(=O)c1ccccc1)C(=O)OCC(=O)N1CCC(Cc2ccccc2)CC1. The van der Waals surface area contributed by atoms with Crippen molar-refractivity contribution in [2.24, 2.45) is 5.92 Å². The van der Waals surface area contributed by atoms with Crippen LogP contribution >= 0.6 is 0 Å². The van der Waals surface area contributed by atoms with Crippen molar-refractivity contribution in [1.82, 2.24) is 10.2 Å². The van der Waals surface area contributed by atoms with E-state index in [1.54, 1.807) is 36.1 Å². The lowest BCUT2D eigenvalue weighted by molar-refractivity contribution is -0.153. The molecule has 1 N–H and O–H groups in total. The number of nitrogens with zero attached hydrogens (tertiary/aromatic N) is 1. The summed E-state index contributed by atoms with van der Waals surface area (Å²) in [5, 5.41) is 2.59. The number of ether oxygens (including phenoxy) is 1. The maximum Gasteiger partial charge on any atom is 0.328 e. The zero-order valence-corrected chi connectivity index (χ0v) is 17.3. The minimum Gasteiger partial charge on any atom is -0.454 e. The molecule has 0 spiro atoms. The number of amides is 2. The zero-order valence-electron chi connectivity index (χ0n) is 17.3. The van der Waals surface area contributed by atoms with Gasteiger partial charge in [0.1, 0.15) is 6.04 Å². The van der Waals surface area contributed by atoms with E-state index in [0.717, 1.165) is 19.3 Å². The first-order valence-corrected chi connectivity index (χ1v) is 10.4. The number of benzene rings is 2. The fraction of sp³-hybridized carbons (Fsp3) is 0.375. The fourth-order valence-electron chi connectivity index (χ4n) is 3.61. The molecule has 1 saturated heterocycles. The summed E-state index contributed by atoms with van der Waals surface area (Å²) in [5.41, 5.74) is 1.79. The molecule has 0 unspecified atom stereocenters. The summed E-state index contributed by atoms with van der Waals surface area (Å²) in [5.74, 6) is -0.603. The number of likely N-dealkylation sites (tertiary alicyclic amines) is 1. The minimum absolute atomic E-state index is 0.192. The fourth-order valence-corrected chi connectivity index (χ4v) is 3.61. The van der Waals surface area contributed by atoms with Gasteiger partial charge in [-0.25, -0.2) is 4.79 Å². The van der Waals surface area contributed by atoms with Crippen LogP contribution in [0.1, 0.15) is 35.7 Å². The van der Waals surface area contributed by atoms with E-state index in [4.69, 9.17) is 4.74 Å². The Morgan fingerprint density at radius 2 is 1.60 bits per heavy atom. The van der Waals surface area contributed by atoms with Crippen molar-refractivity contribution in [3.8, 4) is 0 Å². The van der Waals surface area contributed by atoms with Gasteiger partial charge < -0.3 is 15.0 Å². The van der Waals surface area contributed by atoms with Gasteiger partial charge in [-0.05, 0) is 49.8 Å². The number of carbonyl (C=O) groups excluding carboxylic acids is 3. The Morgan fingerprint density at radius 3 is 2.23 bits per heavy atom. The van der Waals surface area contributed by atoms with E-state index in [9.17, 15) is 14.4 Å². The molecule has 3 rings (SSSR count). The number of rotatable bonds is 7. The standard InChI is InChI=1S/C24H28N2O4/c1-18(25-23(28)21-10-6-3-7-11-21)24(29)30-17-22(27)26-14-12-20(13-15-26)16-19-8-4-2-5-9-19/h2-11,18,20H,12-17H2,1H3,(H,25,28)/t18-/m0/s1. The average molecular weight is 408 g/mol. The van der Waals surface area contributed by atoms with Crippen LogP contribution in [0.25, 0.3) is 0 Å². The Bertz CT molecular complexity index is 846. The Kier molecular flexibility index (Phi) is 7.60. The second kappa shape index (κ2) is 10.6. The third-order valence-corrected chi connectivity index (χ3v) is 5.41. The number of hydrogen-bond acceptors (Lipinski definition) is 4. The normalized spacial score (nSPS) is 15.3. The van der Waals surface area contributed by atoms with Crippen LogP contribution in [-0.2, 0) is 20.7 Å². The third-order valence-electron chi connectivity index (χ3n) is 5.41. The van der Waals surface area contributed by atoms with Gasteiger partial charge in [-0.15, -0.1) is 0 Å². The van der Waals surface area contributed by atoms with Crippen LogP contribution in [0.3, 0.4) is 0 Å². The van der Waals surface area contributed by atoms with Crippen molar-refractivity contribution in [2.45, 2.75) is 32.2 Å².